The SMILES string of the molecule is CNc1ccc(S(=O)(=O)NC(C)C(=O)NC2CC2)cc1. The second kappa shape index (κ2) is 5.80. The summed E-state index contributed by atoms with van der Waals surface area (Å²) in [6.07, 6.45) is 1.94. The zero-order valence-corrected chi connectivity index (χ0v) is 12.3. The third-order valence-electron chi connectivity index (χ3n) is 3.10. The average molecular weight is 297 g/mol. The smallest absolute Gasteiger partial charge is 0.241 e. The van der Waals surface area contributed by atoms with Gasteiger partial charge < -0.3 is 10.6 Å². The van der Waals surface area contributed by atoms with Crippen LogP contribution in [-0.2, 0) is 14.8 Å². The first-order valence-corrected chi connectivity index (χ1v) is 8.01. The van der Waals surface area contributed by atoms with Crippen LogP contribution in [0.4, 0.5) is 5.69 Å². The van der Waals surface area contributed by atoms with Crippen molar-refractivity contribution in [1.82, 2.24) is 10.0 Å². The molecule has 3 N–H and O–H groups in total. The minimum Gasteiger partial charge on any atom is -0.388 e. The van der Waals surface area contributed by atoms with E-state index < -0.39 is 16.1 Å². The van der Waals surface area contributed by atoms with E-state index >= 15 is 0 Å². The molecule has 1 aromatic rings. The molecule has 6 nitrogen and oxygen atoms in total. The lowest BCUT2D eigenvalue weighted by atomic mass is 10.3. The third kappa shape index (κ3) is 3.71. The van der Waals surface area contributed by atoms with Gasteiger partial charge in [0.05, 0.1) is 10.9 Å². The molecule has 1 atom stereocenters. The minimum absolute atomic E-state index is 0.141. The molecule has 1 aromatic carbocycles. The summed E-state index contributed by atoms with van der Waals surface area (Å²) in [4.78, 5) is 11.9. The molecule has 1 fully saturated rings. The second-order valence-corrected chi connectivity index (χ2v) is 6.61. The highest BCUT2D eigenvalue weighted by Gasteiger charge is 2.27. The summed E-state index contributed by atoms with van der Waals surface area (Å²) in [5.41, 5.74) is 0.823. The van der Waals surface area contributed by atoms with E-state index in [0.717, 1.165) is 18.5 Å². The van der Waals surface area contributed by atoms with Crippen LogP contribution in [0.5, 0.6) is 0 Å². The quantitative estimate of drug-likeness (QED) is 0.720. The van der Waals surface area contributed by atoms with Crippen molar-refractivity contribution in [3.05, 3.63) is 24.3 Å². The first kappa shape index (κ1) is 14.8. The normalized spacial score (nSPS) is 16.5. The van der Waals surface area contributed by atoms with Gasteiger partial charge in [-0.1, -0.05) is 0 Å². The van der Waals surface area contributed by atoms with Crippen molar-refractivity contribution in [3.8, 4) is 0 Å². The van der Waals surface area contributed by atoms with E-state index in [4.69, 9.17) is 0 Å². The van der Waals surface area contributed by atoms with Crippen molar-refractivity contribution in [3.63, 3.8) is 0 Å². The van der Waals surface area contributed by atoms with Crippen molar-refractivity contribution in [2.45, 2.75) is 36.7 Å². The zero-order valence-electron chi connectivity index (χ0n) is 11.5. The third-order valence-corrected chi connectivity index (χ3v) is 4.66. The number of anilines is 1. The maximum Gasteiger partial charge on any atom is 0.241 e. The fraction of sp³-hybridized carbons (Fsp3) is 0.462. The molecule has 0 saturated heterocycles. The molecular weight excluding hydrogens is 278 g/mol. The van der Waals surface area contributed by atoms with Gasteiger partial charge in [0.1, 0.15) is 0 Å². The zero-order chi connectivity index (χ0) is 14.8. The molecule has 0 aromatic heterocycles. The van der Waals surface area contributed by atoms with Crippen LogP contribution in [0.25, 0.3) is 0 Å². The molecule has 1 amide bonds. The van der Waals surface area contributed by atoms with Crippen LogP contribution in [-0.4, -0.2) is 33.5 Å². The van der Waals surface area contributed by atoms with Gasteiger partial charge >= 0.3 is 0 Å². The van der Waals surface area contributed by atoms with Crippen LogP contribution in [0.15, 0.2) is 29.2 Å². The molecule has 1 aliphatic rings. The maximum atomic E-state index is 12.1. The first-order valence-electron chi connectivity index (χ1n) is 6.53. The van der Waals surface area contributed by atoms with Crippen LogP contribution in [0.1, 0.15) is 19.8 Å². The van der Waals surface area contributed by atoms with Gasteiger partial charge in [0.25, 0.3) is 0 Å². The van der Waals surface area contributed by atoms with E-state index in [2.05, 4.69) is 15.4 Å². The predicted molar refractivity (Wildman–Crippen MR) is 76.9 cm³/mol. The molecule has 1 saturated carbocycles. The molecule has 110 valence electrons. The Kier molecular flexibility index (Phi) is 4.29. The Morgan fingerprint density at radius 2 is 1.85 bits per heavy atom. The van der Waals surface area contributed by atoms with Gasteiger partial charge in [0, 0.05) is 18.8 Å². The van der Waals surface area contributed by atoms with Crippen molar-refractivity contribution in [2.75, 3.05) is 12.4 Å². The summed E-state index contributed by atoms with van der Waals surface area (Å²) in [6.45, 7) is 1.54. The Morgan fingerprint density at radius 3 is 2.35 bits per heavy atom. The average Bonchev–Trinajstić information content (AvgIpc) is 3.22. The molecule has 1 unspecified atom stereocenters. The van der Waals surface area contributed by atoms with Crippen LogP contribution >= 0.6 is 0 Å². The topological polar surface area (TPSA) is 87.3 Å². The van der Waals surface area contributed by atoms with Crippen molar-refractivity contribution in [2.24, 2.45) is 0 Å². The van der Waals surface area contributed by atoms with Crippen LogP contribution < -0.4 is 15.4 Å². The van der Waals surface area contributed by atoms with E-state index in [0.29, 0.717) is 0 Å². The fourth-order valence-corrected chi connectivity index (χ4v) is 2.91. The summed E-state index contributed by atoms with van der Waals surface area (Å²) in [6, 6.07) is 5.76. The molecule has 0 spiro atoms. The second-order valence-electron chi connectivity index (χ2n) is 4.90. The minimum atomic E-state index is -3.68. The van der Waals surface area contributed by atoms with Gasteiger partial charge in [-0.05, 0) is 44.0 Å². The van der Waals surface area contributed by atoms with Crippen molar-refractivity contribution in [1.29, 1.82) is 0 Å². The van der Waals surface area contributed by atoms with E-state index in [1.54, 1.807) is 19.2 Å². The summed E-state index contributed by atoms with van der Waals surface area (Å²) >= 11 is 0. The number of benzene rings is 1. The number of carbonyl (C=O) groups is 1. The van der Waals surface area contributed by atoms with E-state index in [1.165, 1.54) is 19.1 Å². The van der Waals surface area contributed by atoms with Crippen LogP contribution in [0, 0.1) is 0 Å². The molecule has 2 rings (SSSR count). The Bertz CT molecular complexity index is 579. The number of hydrogen-bond donors (Lipinski definition) is 3. The molecule has 7 heteroatoms. The lowest BCUT2D eigenvalue weighted by Gasteiger charge is -2.14. The van der Waals surface area contributed by atoms with E-state index in [9.17, 15) is 13.2 Å². The highest BCUT2D eigenvalue weighted by atomic mass is 32.2. The molecule has 1 aliphatic carbocycles. The summed E-state index contributed by atoms with van der Waals surface area (Å²) in [7, 11) is -1.93. The fourth-order valence-electron chi connectivity index (χ4n) is 1.71. The summed E-state index contributed by atoms with van der Waals surface area (Å²) in [5.74, 6) is -0.289. The summed E-state index contributed by atoms with van der Waals surface area (Å²) < 4.78 is 26.7. The van der Waals surface area contributed by atoms with Gasteiger partial charge in [-0.15, -0.1) is 0 Å². The molecule has 0 radical (unpaired) electrons. The number of rotatable bonds is 6. The molecular formula is C13H19N3O3S. The van der Waals surface area contributed by atoms with Crippen LogP contribution in [0.3, 0.4) is 0 Å². The largest absolute Gasteiger partial charge is 0.388 e. The number of amides is 1. The Hall–Kier alpha value is -1.60. The van der Waals surface area contributed by atoms with Gasteiger partial charge in [-0.3, -0.25) is 4.79 Å². The standard InChI is InChI=1S/C13H19N3O3S/c1-9(13(17)15-11-3-4-11)16-20(18,19)12-7-5-10(14-2)6-8-12/h5-9,11,14,16H,3-4H2,1-2H3,(H,15,17). The molecule has 0 aliphatic heterocycles. The Balaban J connectivity index is 2.03. The Labute approximate surface area is 119 Å². The van der Waals surface area contributed by atoms with Gasteiger partial charge in [-0.25, -0.2) is 8.42 Å². The number of nitrogens with one attached hydrogen (secondary N) is 3. The molecule has 0 bridgehead atoms. The number of sulfonamides is 1. The molecule has 0 heterocycles. The van der Waals surface area contributed by atoms with Gasteiger partial charge in [0.2, 0.25) is 15.9 Å². The first-order chi connectivity index (χ1) is 9.42. The van der Waals surface area contributed by atoms with Gasteiger partial charge in [0.15, 0.2) is 0 Å². The lowest BCUT2D eigenvalue weighted by Crippen LogP contribution is -2.45. The highest BCUT2D eigenvalue weighted by molar-refractivity contribution is 7.89. The number of carbonyl (C=O) groups excluding carboxylic acids is 1. The Morgan fingerprint density at radius 1 is 1.25 bits per heavy atom. The number of hydrogen-bond acceptors (Lipinski definition) is 4. The predicted octanol–water partition coefficient (Wildman–Crippen LogP) is 0.674. The monoisotopic (exact) mass is 297 g/mol. The van der Waals surface area contributed by atoms with Crippen molar-refractivity contribution < 1.29 is 13.2 Å². The molecule has 20 heavy (non-hydrogen) atoms. The van der Waals surface area contributed by atoms with Crippen LogP contribution in [0.2, 0.25) is 0 Å². The maximum absolute atomic E-state index is 12.1. The van der Waals surface area contributed by atoms with E-state index in [-0.39, 0.29) is 16.8 Å². The van der Waals surface area contributed by atoms with E-state index in [1.807, 2.05) is 0 Å². The lowest BCUT2D eigenvalue weighted by molar-refractivity contribution is -0.122. The highest BCUT2D eigenvalue weighted by Crippen LogP contribution is 2.19. The van der Waals surface area contributed by atoms with Crippen molar-refractivity contribution >= 4 is 21.6 Å². The summed E-state index contributed by atoms with van der Waals surface area (Å²) in [5, 5.41) is 5.68. The van der Waals surface area contributed by atoms with Gasteiger partial charge in [-0.2, -0.15) is 4.72 Å².